The van der Waals surface area contributed by atoms with E-state index in [-0.39, 0.29) is 12.1 Å². The summed E-state index contributed by atoms with van der Waals surface area (Å²) in [6.07, 6.45) is 8.01. The lowest BCUT2D eigenvalue weighted by Crippen LogP contribution is -2.50. The van der Waals surface area contributed by atoms with Gasteiger partial charge < -0.3 is 10.1 Å². The molecule has 0 bridgehead atoms. The van der Waals surface area contributed by atoms with Gasteiger partial charge in [0.2, 0.25) is 0 Å². The van der Waals surface area contributed by atoms with Gasteiger partial charge in [-0.15, -0.1) is 0 Å². The van der Waals surface area contributed by atoms with Crippen molar-refractivity contribution in [2.24, 2.45) is 0 Å². The van der Waals surface area contributed by atoms with Crippen LogP contribution in [0.15, 0.2) is 18.6 Å². The van der Waals surface area contributed by atoms with E-state index in [2.05, 4.69) is 20.2 Å². The quantitative estimate of drug-likeness (QED) is 0.849. The molecule has 18 heavy (non-hydrogen) atoms. The van der Waals surface area contributed by atoms with E-state index in [9.17, 15) is 0 Å². The molecule has 0 amide bonds. The first-order valence-electron chi connectivity index (χ1n) is 6.67. The van der Waals surface area contributed by atoms with Crippen LogP contribution in [0.2, 0.25) is 0 Å². The summed E-state index contributed by atoms with van der Waals surface area (Å²) in [6.45, 7) is 3.05. The Morgan fingerprint density at radius 1 is 1.50 bits per heavy atom. The number of hydrogen-bond donors (Lipinski definition) is 1. The summed E-state index contributed by atoms with van der Waals surface area (Å²) in [5, 5.41) is 3.31. The molecule has 3 unspecified atom stereocenters. The van der Waals surface area contributed by atoms with Crippen molar-refractivity contribution in [2.75, 3.05) is 26.7 Å². The number of nitrogens with zero attached hydrogens (tertiary/aromatic N) is 3. The minimum Gasteiger partial charge on any atom is -0.373 e. The molecule has 5 heteroatoms. The first-order chi connectivity index (χ1) is 8.88. The second-order valence-electron chi connectivity index (χ2n) is 5.06. The Labute approximate surface area is 108 Å². The zero-order valence-electron chi connectivity index (χ0n) is 10.7. The number of rotatable bonds is 3. The third-order valence-corrected chi connectivity index (χ3v) is 4.00. The van der Waals surface area contributed by atoms with E-state index < -0.39 is 0 Å². The standard InChI is InChI=1S/C13H20N4O/c1-14-13(11-7-15-4-5-16-11)12-8-17-6-2-3-10(17)9-18-12/h4-5,7,10,12-14H,2-3,6,8-9H2,1H3. The van der Waals surface area contributed by atoms with Crippen molar-refractivity contribution in [2.45, 2.75) is 31.0 Å². The largest absolute Gasteiger partial charge is 0.373 e. The first kappa shape index (κ1) is 12.0. The highest BCUT2D eigenvalue weighted by Gasteiger charge is 2.36. The molecule has 3 rings (SSSR count). The minimum absolute atomic E-state index is 0.125. The predicted molar refractivity (Wildman–Crippen MR) is 68.2 cm³/mol. The van der Waals surface area contributed by atoms with Crippen molar-refractivity contribution in [1.29, 1.82) is 0 Å². The Kier molecular flexibility index (Phi) is 3.54. The van der Waals surface area contributed by atoms with E-state index in [1.807, 2.05) is 13.2 Å². The van der Waals surface area contributed by atoms with Crippen LogP contribution in [0.3, 0.4) is 0 Å². The molecule has 5 nitrogen and oxygen atoms in total. The van der Waals surface area contributed by atoms with E-state index in [4.69, 9.17) is 4.74 Å². The molecule has 1 aromatic heterocycles. The van der Waals surface area contributed by atoms with Gasteiger partial charge in [0.25, 0.3) is 0 Å². The molecule has 0 aliphatic carbocycles. The summed E-state index contributed by atoms with van der Waals surface area (Å²) in [5.41, 5.74) is 0.961. The molecule has 3 heterocycles. The van der Waals surface area contributed by atoms with Gasteiger partial charge in [-0.2, -0.15) is 0 Å². The zero-order valence-corrected chi connectivity index (χ0v) is 10.7. The molecule has 1 N–H and O–H groups in total. The van der Waals surface area contributed by atoms with E-state index in [1.54, 1.807) is 12.4 Å². The average molecular weight is 248 g/mol. The lowest BCUT2D eigenvalue weighted by molar-refractivity contribution is -0.0649. The van der Waals surface area contributed by atoms with Crippen LogP contribution in [0.5, 0.6) is 0 Å². The van der Waals surface area contributed by atoms with Crippen LogP contribution in [0.4, 0.5) is 0 Å². The van der Waals surface area contributed by atoms with Crippen LogP contribution < -0.4 is 5.32 Å². The van der Waals surface area contributed by atoms with Gasteiger partial charge in [0.05, 0.1) is 30.6 Å². The van der Waals surface area contributed by atoms with Crippen molar-refractivity contribution < 1.29 is 4.74 Å². The molecule has 2 fully saturated rings. The molecule has 0 aromatic carbocycles. The van der Waals surface area contributed by atoms with Gasteiger partial charge in [0.15, 0.2) is 0 Å². The third-order valence-electron chi connectivity index (χ3n) is 4.00. The monoisotopic (exact) mass is 248 g/mol. The van der Waals surface area contributed by atoms with Crippen molar-refractivity contribution in [1.82, 2.24) is 20.2 Å². The highest BCUT2D eigenvalue weighted by Crippen LogP contribution is 2.27. The summed E-state index contributed by atoms with van der Waals surface area (Å²) in [4.78, 5) is 11.1. The van der Waals surface area contributed by atoms with Crippen LogP contribution in [-0.4, -0.2) is 53.8 Å². The van der Waals surface area contributed by atoms with Gasteiger partial charge in [0, 0.05) is 25.0 Å². The number of morpholine rings is 1. The van der Waals surface area contributed by atoms with Crippen molar-refractivity contribution in [3.63, 3.8) is 0 Å². The van der Waals surface area contributed by atoms with Crippen LogP contribution >= 0.6 is 0 Å². The summed E-state index contributed by atoms with van der Waals surface area (Å²) in [6, 6.07) is 0.765. The lowest BCUT2D eigenvalue weighted by Gasteiger charge is -2.38. The third kappa shape index (κ3) is 2.25. The van der Waals surface area contributed by atoms with E-state index in [1.165, 1.54) is 19.4 Å². The normalized spacial score (nSPS) is 30.1. The fourth-order valence-electron chi connectivity index (χ4n) is 3.04. The smallest absolute Gasteiger partial charge is 0.0913 e. The molecule has 1 aromatic rings. The zero-order chi connectivity index (χ0) is 12.4. The van der Waals surface area contributed by atoms with Crippen molar-refractivity contribution in [3.05, 3.63) is 24.3 Å². The number of ether oxygens (including phenoxy) is 1. The molecule has 2 saturated heterocycles. The highest BCUT2D eigenvalue weighted by atomic mass is 16.5. The summed E-state index contributed by atoms with van der Waals surface area (Å²) in [5.74, 6) is 0. The van der Waals surface area contributed by atoms with E-state index >= 15 is 0 Å². The number of aromatic nitrogens is 2. The Hall–Kier alpha value is -1.04. The SMILES string of the molecule is CNC(c1cnccn1)C1CN2CCCC2CO1. The predicted octanol–water partition coefficient (Wildman–Crippen LogP) is 0.600. The molecule has 2 aliphatic rings. The molecule has 0 saturated carbocycles. The molecule has 2 aliphatic heterocycles. The maximum atomic E-state index is 6.03. The number of fused-ring (bicyclic) bond motifs is 1. The molecule has 0 radical (unpaired) electrons. The van der Waals surface area contributed by atoms with Gasteiger partial charge in [0.1, 0.15) is 0 Å². The van der Waals surface area contributed by atoms with Gasteiger partial charge in [-0.25, -0.2) is 0 Å². The summed E-state index contributed by atoms with van der Waals surface area (Å²) < 4.78 is 6.03. The van der Waals surface area contributed by atoms with E-state index in [0.717, 1.165) is 18.8 Å². The van der Waals surface area contributed by atoms with Crippen molar-refractivity contribution in [3.8, 4) is 0 Å². The Balaban J connectivity index is 1.72. The van der Waals surface area contributed by atoms with Gasteiger partial charge in [-0.3, -0.25) is 14.9 Å². The Morgan fingerprint density at radius 3 is 3.22 bits per heavy atom. The van der Waals surface area contributed by atoms with Gasteiger partial charge >= 0.3 is 0 Å². The number of nitrogens with one attached hydrogen (secondary N) is 1. The number of likely N-dealkylation sites (N-methyl/N-ethyl adjacent to an activating group) is 1. The summed E-state index contributed by atoms with van der Waals surface area (Å²) >= 11 is 0. The summed E-state index contributed by atoms with van der Waals surface area (Å²) in [7, 11) is 1.96. The Morgan fingerprint density at radius 2 is 2.44 bits per heavy atom. The first-order valence-corrected chi connectivity index (χ1v) is 6.67. The van der Waals surface area contributed by atoms with Crippen LogP contribution in [0, 0.1) is 0 Å². The van der Waals surface area contributed by atoms with Crippen LogP contribution in [0.1, 0.15) is 24.6 Å². The highest BCUT2D eigenvalue weighted by molar-refractivity contribution is 5.06. The second kappa shape index (κ2) is 5.30. The molecule has 3 atom stereocenters. The minimum atomic E-state index is 0.125. The fourth-order valence-corrected chi connectivity index (χ4v) is 3.04. The molecule has 98 valence electrons. The maximum Gasteiger partial charge on any atom is 0.0913 e. The molecular formula is C13H20N4O. The van der Waals surface area contributed by atoms with E-state index in [0.29, 0.717) is 6.04 Å². The maximum absolute atomic E-state index is 6.03. The Bertz CT molecular complexity index is 386. The lowest BCUT2D eigenvalue weighted by atomic mass is 10.0. The van der Waals surface area contributed by atoms with Crippen molar-refractivity contribution >= 4 is 0 Å². The van der Waals surface area contributed by atoms with Gasteiger partial charge in [-0.05, 0) is 26.4 Å². The van der Waals surface area contributed by atoms with Crippen LogP contribution in [-0.2, 0) is 4.74 Å². The fraction of sp³-hybridized carbons (Fsp3) is 0.692. The second-order valence-corrected chi connectivity index (χ2v) is 5.06. The van der Waals surface area contributed by atoms with Crippen LogP contribution in [0.25, 0.3) is 0 Å². The van der Waals surface area contributed by atoms with Gasteiger partial charge in [-0.1, -0.05) is 0 Å². The average Bonchev–Trinajstić information content (AvgIpc) is 2.88. The molecule has 0 spiro atoms. The number of hydrogen-bond acceptors (Lipinski definition) is 5. The molecular weight excluding hydrogens is 228 g/mol. The topological polar surface area (TPSA) is 50.3 Å².